The summed E-state index contributed by atoms with van der Waals surface area (Å²) in [6.07, 6.45) is 0. The van der Waals surface area contributed by atoms with Crippen LogP contribution in [0.2, 0.25) is 0 Å². The van der Waals surface area contributed by atoms with Gasteiger partial charge < -0.3 is 9.67 Å². The summed E-state index contributed by atoms with van der Waals surface area (Å²) < 4.78 is 12.6. The first kappa shape index (κ1) is 16.0. The minimum Gasteiger partial charge on any atom is -0.377 e. The van der Waals surface area contributed by atoms with Crippen LogP contribution in [-0.4, -0.2) is 17.4 Å². The molecule has 104 valence electrons. The Balaban J connectivity index is 3.15. The molecule has 19 heavy (non-hydrogen) atoms. The highest BCUT2D eigenvalue weighted by Gasteiger charge is 2.33. The zero-order chi connectivity index (χ0) is 14.7. The van der Waals surface area contributed by atoms with Gasteiger partial charge in [-0.2, -0.15) is 0 Å². The Bertz CT molecular complexity index is 513. The number of hydrogen-bond acceptors (Lipinski definition) is 2. The number of benzene rings is 1. The molecule has 1 rings (SSSR count). The fraction of sp³-hybridized carbons (Fsp3) is 0.500. The molecule has 1 aromatic carbocycles. The first-order valence-corrected chi connectivity index (χ1v) is 8.75. The summed E-state index contributed by atoms with van der Waals surface area (Å²) >= 11 is 0. The summed E-state index contributed by atoms with van der Waals surface area (Å²) in [6.45, 7) is 9.36. The Hall–Kier alpha value is -1.03. The summed E-state index contributed by atoms with van der Waals surface area (Å²) in [5.74, 6) is 2.87. The Labute approximate surface area is 116 Å². The summed E-state index contributed by atoms with van der Waals surface area (Å²) in [5, 5.41) is 11.3. The van der Waals surface area contributed by atoms with E-state index in [-0.39, 0.29) is 11.8 Å². The molecule has 0 radical (unpaired) electrons. The lowest BCUT2D eigenvalue weighted by Crippen LogP contribution is -2.39. The molecule has 0 spiro atoms. The Morgan fingerprint density at radius 3 is 2.00 bits per heavy atom. The topological polar surface area (TPSA) is 37.3 Å². The van der Waals surface area contributed by atoms with Crippen molar-refractivity contribution in [1.82, 2.24) is 0 Å². The zero-order valence-electron chi connectivity index (χ0n) is 12.3. The standard InChI is InChI=1S/C16H23O2P/c1-13(2)16(17,14(3)4)11-12-19(5,18)15-9-7-6-8-10-15/h6-10,13-14,17H,1-5H3. The van der Waals surface area contributed by atoms with E-state index >= 15 is 0 Å². The highest BCUT2D eigenvalue weighted by atomic mass is 31.2. The van der Waals surface area contributed by atoms with Gasteiger partial charge in [0.1, 0.15) is 5.60 Å². The summed E-state index contributed by atoms with van der Waals surface area (Å²) in [4.78, 5) is 0. The number of rotatable bonds is 3. The van der Waals surface area contributed by atoms with Gasteiger partial charge >= 0.3 is 0 Å². The predicted octanol–water partition coefficient (Wildman–Crippen LogP) is 3.31. The molecule has 0 aliphatic carbocycles. The molecule has 1 atom stereocenters. The van der Waals surface area contributed by atoms with E-state index in [1.54, 1.807) is 6.66 Å². The Kier molecular flexibility index (Phi) is 5.02. The molecule has 1 N–H and O–H groups in total. The van der Waals surface area contributed by atoms with E-state index in [1.165, 1.54) is 0 Å². The van der Waals surface area contributed by atoms with Crippen LogP contribution in [0.15, 0.2) is 30.3 Å². The number of aliphatic hydroxyl groups is 1. The van der Waals surface area contributed by atoms with E-state index in [2.05, 4.69) is 11.6 Å². The lowest BCUT2D eigenvalue weighted by molar-refractivity contribution is 0.00938. The Morgan fingerprint density at radius 1 is 1.11 bits per heavy atom. The predicted molar refractivity (Wildman–Crippen MR) is 82.0 cm³/mol. The first-order chi connectivity index (χ1) is 8.70. The number of hydrogen-bond donors (Lipinski definition) is 1. The maximum atomic E-state index is 12.6. The van der Waals surface area contributed by atoms with Crippen molar-refractivity contribution in [2.45, 2.75) is 33.3 Å². The largest absolute Gasteiger partial charge is 0.377 e. The third kappa shape index (κ3) is 3.72. The van der Waals surface area contributed by atoms with Gasteiger partial charge in [0, 0.05) is 12.0 Å². The van der Waals surface area contributed by atoms with Gasteiger partial charge in [0.15, 0.2) is 7.14 Å². The molecule has 3 heteroatoms. The molecule has 0 amide bonds. The molecule has 2 nitrogen and oxygen atoms in total. The van der Waals surface area contributed by atoms with E-state index < -0.39 is 12.7 Å². The van der Waals surface area contributed by atoms with Crippen molar-refractivity contribution in [2.75, 3.05) is 6.66 Å². The van der Waals surface area contributed by atoms with Gasteiger partial charge in [-0.15, -0.1) is 0 Å². The van der Waals surface area contributed by atoms with Crippen LogP contribution >= 0.6 is 7.14 Å². The van der Waals surface area contributed by atoms with Crippen molar-refractivity contribution in [3.63, 3.8) is 0 Å². The zero-order valence-corrected chi connectivity index (χ0v) is 13.2. The smallest absolute Gasteiger partial charge is 0.179 e. The molecule has 0 saturated heterocycles. The second-order valence-corrected chi connectivity index (χ2v) is 8.22. The van der Waals surface area contributed by atoms with Gasteiger partial charge in [-0.3, -0.25) is 0 Å². The monoisotopic (exact) mass is 278 g/mol. The molecule has 0 fully saturated rings. The molecule has 0 aliphatic heterocycles. The van der Waals surface area contributed by atoms with Crippen molar-refractivity contribution < 1.29 is 9.67 Å². The third-order valence-electron chi connectivity index (χ3n) is 3.48. The fourth-order valence-corrected chi connectivity index (χ4v) is 3.19. The molecule has 0 heterocycles. The normalized spacial score (nSPS) is 14.9. The second-order valence-electron chi connectivity index (χ2n) is 5.63. The van der Waals surface area contributed by atoms with Gasteiger partial charge in [-0.05, 0) is 17.5 Å². The van der Waals surface area contributed by atoms with E-state index in [0.29, 0.717) is 0 Å². The minimum atomic E-state index is -2.74. The minimum absolute atomic E-state index is 0.00391. The van der Waals surface area contributed by atoms with Crippen LogP contribution in [0.25, 0.3) is 0 Å². The van der Waals surface area contributed by atoms with Crippen LogP contribution in [-0.2, 0) is 4.57 Å². The lowest BCUT2D eigenvalue weighted by Gasteiger charge is -2.30. The van der Waals surface area contributed by atoms with Crippen LogP contribution in [0.4, 0.5) is 0 Å². The van der Waals surface area contributed by atoms with Crippen molar-refractivity contribution in [3.05, 3.63) is 30.3 Å². The fourth-order valence-electron chi connectivity index (χ4n) is 1.93. The van der Waals surface area contributed by atoms with Crippen LogP contribution in [0.1, 0.15) is 27.7 Å². The molecule has 1 aromatic rings. The van der Waals surface area contributed by atoms with Gasteiger partial charge in [0.25, 0.3) is 0 Å². The molecule has 0 saturated carbocycles. The van der Waals surface area contributed by atoms with Crippen LogP contribution in [0.3, 0.4) is 0 Å². The van der Waals surface area contributed by atoms with Gasteiger partial charge in [0.05, 0.1) is 0 Å². The maximum Gasteiger partial charge on any atom is 0.179 e. The van der Waals surface area contributed by atoms with Gasteiger partial charge in [-0.1, -0.05) is 63.9 Å². The summed E-state index contributed by atoms with van der Waals surface area (Å²) in [5.41, 5.74) is 1.74. The van der Waals surface area contributed by atoms with Crippen molar-refractivity contribution in [2.24, 2.45) is 11.8 Å². The first-order valence-electron chi connectivity index (χ1n) is 6.60. The Morgan fingerprint density at radius 2 is 1.58 bits per heavy atom. The van der Waals surface area contributed by atoms with E-state index in [9.17, 15) is 9.67 Å². The third-order valence-corrected chi connectivity index (χ3v) is 5.30. The van der Waals surface area contributed by atoms with Crippen LogP contribution < -0.4 is 5.30 Å². The van der Waals surface area contributed by atoms with Crippen molar-refractivity contribution in [1.29, 1.82) is 0 Å². The molecular formula is C16H23O2P. The van der Waals surface area contributed by atoms with Crippen LogP contribution in [0.5, 0.6) is 0 Å². The van der Waals surface area contributed by atoms with Gasteiger partial charge in [0.2, 0.25) is 0 Å². The molecule has 0 aromatic heterocycles. The average Bonchev–Trinajstić information content (AvgIpc) is 2.36. The van der Waals surface area contributed by atoms with Gasteiger partial charge in [-0.25, -0.2) is 0 Å². The molecule has 0 bridgehead atoms. The average molecular weight is 278 g/mol. The molecular weight excluding hydrogens is 255 g/mol. The summed E-state index contributed by atoms with van der Waals surface area (Å²) in [7, 11) is -2.74. The van der Waals surface area contributed by atoms with Crippen LogP contribution in [0, 0.1) is 23.4 Å². The molecule has 1 unspecified atom stereocenters. The highest BCUT2D eigenvalue weighted by Crippen LogP contribution is 2.39. The maximum absolute atomic E-state index is 12.6. The van der Waals surface area contributed by atoms with E-state index in [4.69, 9.17) is 0 Å². The molecule has 0 aliphatic rings. The van der Waals surface area contributed by atoms with Crippen molar-refractivity contribution >= 4 is 12.4 Å². The van der Waals surface area contributed by atoms with E-state index in [0.717, 1.165) is 5.30 Å². The summed E-state index contributed by atoms with van der Waals surface area (Å²) in [6, 6.07) is 9.22. The quantitative estimate of drug-likeness (QED) is 0.680. The van der Waals surface area contributed by atoms with E-state index in [1.807, 2.05) is 58.0 Å². The lowest BCUT2D eigenvalue weighted by atomic mass is 9.81. The second kappa shape index (κ2) is 5.95. The van der Waals surface area contributed by atoms with Crippen molar-refractivity contribution in [3.8, 4) is 11.6 Å². The SMILES string of the molecule is CC(C)C(O)(C#CP(C)(=O)c1ccccc1)C(C)C. The highest BCUT2D eigenvalue weighted by molar-refractivity contribution is 7.75.